The van der Waals surface area contributed by atoms with Crippen LogP contribution in [-0.2, 0) is 0 Å². The molecule has 1 aromatic heterocycles. The van der Waals surface area contributed by atoms with Gasteiger partial charge in [-0.25, -0.2) is 4.98 Å². The van der Waals surface area contributed by atoms with Gasteiger partial charge in [0.15, 0.2) is 0 Å². The molecule has 2 unspecified atom stereocenters. The van der Waals surface area contributed by atoms with Gasteiger partial charge in [-0.05, 0) is 37.5 Å². The summed E-state index contributed by atoms with van der Waals surface area (Å²) in [6.07, 6.45) is 6.23. The van der Waals surface area contributed by atoms with E-state index >= 15 is 0 Å². The Kier molecular flexibility index (Phi) is 4.04. The van der Waals surface area contributed by atoms with E-state index in [0.717, 1.165) is 36.8 Å². The van der Waals surface area contributed by atoms with E-state index in [-0.39, 0.29) is 5.41 Å². The number of ether oxygens (including phenoxy) is 1. The third-order valence-electron chi connectivity index (χ3n) is 5.79. The second kappa shape index (κ2) is 6.23. The largest absolute Gasteiger partial charge is 0.495 e. The van der Waals surface area contributed by atoms with Crippen molar-refractivity contribution < 1.29 is 4.74 Å². The van der Waals surface area contributed by atoms with Gasteiger partial charge in [0.25, 0.3) is 0 Å². The van der Waals surface area contributed by atoms with Gasteiger partial charge in [0.05, 0.1) is 24.8 Å². The van der Waals surface area contributed by atoms with Gasteiger partial charge in [0.2, 0.25) is 0 Å². The summed E-state index contributed by atoms with van der Waals surface area (Å²) in [6, 6.07) is 6.56. The van der Waals surface area contributed by atoms with Crippen molar-refractivity contribution in [3.05, 3.63) is 54.3 Å². The summed E-state index contributed by atoms with van der Waals surface area (Å²) in [4.78, 5) is 4.32. The highest BCUT2D eigenvalue weighted by molar-refractivity contribution is 5.51. The van der Waals surface area contributed by atoms with Crippen LogP contribution in [0.4, 0.5) is 0 Å². The molecule has 2 saturated heterocycles. The minimum Gasteiger partial charge on any atom is -0.495 e. The molecule has 2 aliphatic rings. The maximum atomic E-state index is 5.70. The van der Waals surface area contributed by atoms with Crippen LogP contribution >= 0.6 is 0 Å². The summed E-state index contributed by atoms with van der Waals surface area (Å²) in [6.45, 7) is 9.35. The lowest BCUT2D eigenvalue weighted by Crippen LogP contribution is -2.41. The van der Waals surface area contributed by atoms with Gasteiger partial charge in [0, 0.05) is 42.9 Å². The number of imidazole rings is 1. The first kappa shape index (κ1) is 16.2. The Hall–Kier alpha value is -2.27. The molecule has 132 valence electrons. The number of nitrogens with zero attached hydrogens (tertiary/aromatic N) is 2. The first-order chi connectivity index (χ1) is 12.1. The topological polar surface area (TPSA) is 51.1 Å². The Balaban J connectivity index is 1.72. The normalized spacial score (nSPS) is 26.0. The third-order valence-corrected chi connectivity index (χ3v) is 5.79. The van der Waals surface area contributed by atoms with Crippen LogP contribution in [0.2, 0.25) is 0 Å². The molecule has 5 nitrogen and oxygen atoms in total. The fourth-order valence-corrected chi connectivity index (χ4v) is 4.42. The molecule has 25 heavy (non-hydrogen) atoms. The summed E-state index contributed by atoms with van der Waals surface area (Å²) >= 11 is 0. The van der Waals surface area contributed by atoms with Crippen LogP contribution in [0.3, 0.4) is 0 Å². The molecule has 4 rings (SSSR count). The minimum absolute atomic E-state index is 0.108. The SMILES string of the molecule is C=C1NCCCC12CNCC2c1ccc(-n2cnc(C)c2)c(OC)c1. The molecule has 5 heteroatoms. The molecule has 0 bridgehead atoms. The van der Waals surface area contributed by atoms with Gasteiger partial charge < -0.3 is 19.9 Å². The molecule has 3 heterocycles. The predicted octanol–water partition coefficient (Wildman–Crippen LogP) is 2.76. The molecule has 2 fully saturated rings. The third kappa shape index (κ3) is 2.63. The van der Waals surface area contributed by atoms with Crippen LogP contribution in [-0.4, -0.2) is 36.3 Å². The number of hydrogen-bond acceptors (Lipinski definition) is 4. The minimum atomic E-state index is 0.108. The van der Waals surface area contributed by atoms with Crippen molar-refractivity contribution in [1.29, 1.82) is 0 Å². The van der Waals surface area contributed by atoms with Crippen LogP contribution in [0, 0.1) is 12.3 Å². The molecule has 0 aliphatic carbocycles. The number of aromatic nitrogens is 2. The van der Waals surface area contributed by atoms with E-state index in [1.165, 1.54) is 24.1 Å². The Labute approximate surface area is 149 Å². The summed E-state index contributed by atoms with van der Waals surface area (Å²) in [5.74, 6) is 1.30. The van der Waals surface area contributed by atoms with E-state index in [4.69, 9.17) is 4.74 Å². The van der Waals surface area contributed by atoms with Crippen LogP contribution < -0.4 is 15.4 Å². The number of nitrogens with one attached hydrogen (secondary N) is 2. The van der Waals surface area contributed by atoms with Crippen LogP contribution in [0.5, 0.6) is 5.75 Å². The Morgan fingerprint density at radius 3 is 3.00 bits per heavy atom. The highest BCUT2D eigenvalue weighted by Crippen LogP contribution is 2.49. The van der Waals surface area contributed by atoms with Crippen molar-refractivity contribution in [1.82, 2.24) is 20.2 Å². The number of methoxy groups -OCH3 is 1. The molecule has 2 N–H and O–H groups in total. The first-order valence-electron chi connectivity index (χ1n) is 8.97. The predicted molar refractivity (Wildman–Crippen MR) is 99.3 cm³/mol. The molecular formula is C20H26N4O. The average molecular weight is 338 g/mol. The van der Waals surface area contributed by atoms with Crippen molar-refractivity contribution in [2.45, 2.75) is 25.7 Å². The van der Waals surface area contributed by atoms with Gasteiger partial charge in [-0.1, -0.05) is 12.6 Å². The van der Waals surface area contributed by atoms with Crippen LogP contribution in [0.1, 0.15) is 30.0 Å². The molecule has 0 amide bonds. The maximum absolute atomic E-state index is 5.70. The fraction of sp³-hybridized carbons (Fsp3) is 0.450. The van der Waals surface area contributed by atoms with Gasteiger partial charge in [-0.3, -0.25) is 0 Å². The molecule has 1 spiro atoms. The fourth-order valence-electron chi connectivity index (χ4n) is 4.42. The van der Waals surface area contributed by atoms with E-state index in [2.05, 4.69) is 40.4 Å². The van der Waals surface area contributed by atoms with Crippen molar-refractivity contribution in [2.75, 3.05) is 26.7 Å². The lowest BCUT2D eigenvalue weighted by molar-refractivity contribution is 0.265. The quantitative estimate of drug-likeness (QED) is 0.904. The molecule has 2 atom stereocenters. The molecule has 0 saturated carbocycles. The molecule has 0 radical (unpaired) electrons. The van der Waals surface area contributed by atoms with Gasteiger partial charge in [-0.2, -0.15) is 0 Å². The van der Waals surface area contributed by atoms with E-state index in [0.29, 0.717) is 5.92 Å². The second-order valence-corrected chi connectivity index (χ2v) is 7.20. The highest BCUT2D eigenvalue weighted by atomic mass is 16.5. The molecule has 1 aromatic carbocycles. The highest BCUT2D eigenvalue weighted by Gasteiger charge is 2.46. The van der Waals surface area contributed by atoms with Crippen LogP contribution in [0.15, 0.2) is 43.0 Å². The van der Waals surface area contributed by atoms with E-state index < -0.39 is 0 Å². The van der Waals surface area contributed by atoms with Crippen LogP contribution in [0.25, 0.3) is 5.69 Å². The zero-order valence-corrected chi connectivity index (χ0v) is 15.0. The average Bonchev–Trinajstić information content (AvgIpc) is 3.24. The molecular weight excluding hydrogens is 312 g/mol. The molecule has 2 aliphatic heterocycles. The smallest absolute Gasteiger partial charge is 0.143 e. The van der Waals surface area contributed by atoms with Crippen molar-refractivity contribution in [2.24, 2.45) is 5.41 Å². The van der Waals surface area contributed by atoms with E-state index in [1.807, 2.05) is 24.0 Å². The number of piperidine rings is 1. The molecule has 2 aromatic rings. The number of aryl methyl sites for hydroxylation is 1. The van der Waals surface area contributed by atoms with E-state index in [1.54, 1.807) is 7.11 Å². The lowest BCUT2D eigenvalue weighted by atomic mass is 9.68. The Bertz CT molecular complexity index is 797. The van der Waals surface area contributed by atoms with Gasteiger partial charge in [-0.15, -0.1) is 0 Å². The number of benzene rings is 1. The van der Waals surface area contributed by atoms with Crippen molar-refractivity contribution in [3.63, 3.8) is 0 Å². The monoisotopic (exact) mass is 338 g/mol. The van der Waals surface area contributed by atoms with Gasteiger partial charge >= 0.3 is 0 Å². The summed E-state index contributed by atoms with van der Waals surface area (Å²) < 4.78 is 7.72. The van der Waals surface area contributed by atoms with E-state index in [9.17, 15) is 0 Å². The zero-order valence-electron chi connectivity index (χ0n) is 15.0. The summed E-state index contributed by atoms with van der Waals surface area (Å²) in [5, 5.41) is 7.10. The van der Waals surface area contributed by atoms with Gasteiger partial charge in [0.1, 0.15) is 5.75 Å². The number of hydrogen-bond donors (Lipinski definition) is 2. The summed E-state index contributed by atoms with van der Waals surface area (Å²) in [7, 11) is 1.73. The van der Waals surface area contributed by atoms with Crippen molar-refractivity contribution in [3.8, 4) is 11.4 Å². The summed E-state index contributed by atoms with van der Waals surface area (Å²) in [5.41, 5.74) is 4.62. The Morgan fingerprint density at radius 1 is 1.40 bits per heavy atom. The maximum Gasteiger partial charge on any atom is 0.143 e. The van der Waals surface area contributed by atoms with Crippen molar-refractivity contribution >= 4 is 0 Å². The number of rotatable bonds is 3. The Morgan fingerprint density at radius 2 is 2.28 bits per heavy atom. The first-order valence-corrected chi connectivity index (χ1v) is 8.97. The zero-order chi connectivity index (χ0) is 17.4. The lowest BCUT2D eigenvalue weighted by Gasteiger charge is -2.41. The standard InChI is InChI=1S/C20H26N4O/c1-14-11-24(13-23-14)18-6-5-16(9-19(18)25-3)17-10-21-12-20(17)7-4-8-22-15(20)2/h5-6,9,11,13,17,21-22H,2,4,7-8,10,12H2,1,3H3. The second-order valence-electron chi connectivity index (χ2n) is 7.20.